The quantitative estimate of drug-likeness (QED) is 0.550. The van der Waals surface area contributed by atoms with Gasteiger partial charge >= 0.3 is 0 Å². The Morgan fingerprint density at radius 3 is 2.91 bits per heavy atom. The van der Waals surface area contributed by atoms with Crippen LogP contribution in [0.2, 0.25) is 0 Å². The minimum Gasteiger partial charge on any atom is -0.361 e. The van der Waals surface area contributed by atoms with Crippen molar-refractivity contribution in [2.45, 2.75) is 58.9 Å². The van der Waals surface area contributed by atoms with Gasteiger partial charge in [0.1, 0.15) is 11.5 Å². The summed E-state index contributed by atoms with van der Waals surface area (Å²) in [4.78, 5) is 26.3. The Balaban J connectivity index is 1.24. The molecule has 0 spiro atoms. The number of hydrogen-bond donors (Lipinski definition) is 1. The van der Waals surface area contributed by atoms with Crippen molar-refractivity contribution >= 4 is 22.4 Å². The number of fused-ring (bicyclic) bond motifs is 1. The van der Waals surface area contributed by atoms with E-state index in [4.69, 9.17) is 4.52 Å². The molecular formula is C27H29N3O3. The lowest BCUT2D eigenvalue weighted by Gasteiger charge is -2.57. The number of pyridine rings is 1. The highest BCUT2D eigenvalue weighted by Gasteiger charge is 2.52. The number of carbonyl (C=O) groups excluding carboxylic acids is 1. The Hall–Kier alpha value is -3.15. The highest BCUT2D eigenvalue weighted by atomic mass is 16.5. The third kappa shape index (κ3) is 3.62. The van der Waals surface area contributed by atoms with Gasteiger partial charge < -0.3 is 14.4 Å². The maximum Gasteiger partial charge on any atom is 0.258 e. The molecule has 6 heteroatoms. The fraction of sp³-hybridized carbons (Fsp3) is 0.444. The smallest absolute Gasteiger partial charge is 0.258 e. The number of amides is 1. The number of aromatic nitrogens is 2. The highest BCUT2D eigenvalue weighted by Crippen LogP contribution is 2.63. The molecule has 7 rings (SSSR count). The van der Waals surface area contributed by atoms with Gasteiger partial charge in [0.05, 0.1) is 6.54 Å². The minimum absolute atomic E-state index is 0.0518. The van der Waals surface area contributed by atoms with Crippen molar-refractivity contribution in [3.8, 4) is 0 Å². The van der Waals surface area contributed by atoms with Gasteiger partial charge in [0, 0.05) is 35.1 Å². The fourth-order valence-electron chi connectivity index (χ4n) is 7.21. The number of hydrogen-bond acceptors (Lipinski definition) is 4. The topological polar surface area (TPSA) is 77.1 Å². The van der Waals surface area contributed by atoms with Crippen molar-refractivity contribution in [3.05, 3.63) is 70.0 Å². The number of allylic oxidation sites excluding steroid dienone is 2. The molecule has 170 valence electrons. The molecule has 2 saturated carbocycles. The van der Waals surface area contributed by atoms with Crippen LogP contribution in [0.3, 0.4) is 0 Å². The molecule has 33 heavy (non-hydrogen) atoms. The van der Waals surface area contributed by atoms with E-state index in [0.717, 1.165) is 30.6 Å². The molecule has 4 bridgehead atoms. The molecule has 0 saturated heterocycles. The van der Waals surface area contributed by atoms with E-state index >= 15 is 0 Å². The molecule has 2 fully saturated rings. The normalized spacial score (nSPS) is 27.7. The van der Waals surface area contributed by atoms with Crippen molar-refractivity contribution in [1.29, 1.82) is 0 Å². The van der Waals surface area contributed by atoms with E-state index < -0.39 is 0 Å². The van der Waals surface area contributed by atoms with Crippen LogP contribution < -0.4 is 10.9 Å². The summed E-state index contributed by atoms with van der Waals surface area (Å²) in [7, 11) is 0. The lowest BCUT2D eigenvalue weighted by atomic mass is 9.48. The Morgan fingerprint density at radius 2 is 2.15 bits per heavy atom. The first-order valence-corrected chi connectivity index (χ1v) is 11.8. The van der Waals surface area contributed by atoms with Gasteiger partial charge in [0.2, 0.25) is 5.91 Å². The van der Waals surface area contributed by atoms with E-state index in [1.807, 2.05) is 37.3 Å². The molecule has 4 aliphatic rings. The van der Waals surface area contributed by atoms with Crippen molar-refractivity contribution < 1.29 is 9.32 Å². The second kappa shape index (κ2) is 7.17. The molecule has 3 aromatic rings. The summed E-state index contributed by atoms with van der Waals surface area (Å²) in [5.74, 6) is 1.50. The van der Waals surface area contributed by atoms with E-state index in [9.17, 15) is 9.59 Å². The minimum atomic E-state index is -0.106. The Bertz CT molecular complexity index is 1370. The third-order valence-corrected chi connectivity index (χ3v) is 7.80. The largest absolute Gasteiger partial charge is 0.361 e. The van der Waals surface area contributed by atoms with Crippen molar-refractivity contribution in [3.63, 3.8) is 0 Å². The number of aryl methyl sites for hydroxylation is 1. The van der Waals surface area contributed by atoms with Gasteiger partial charge in [-0.05, 0) is 74.0 Å². The van der Waals surface area contributed by atoms with Gasteiger partial charge in [-0.15, -0.1) is 0 Å². The lowest BCUT2D eigenvalue weighted by Crippen LogP contribution is -2.47. The van der Waals surface area contributed by atoms with Crippen LogP contribution in [0, 0.1) is 23.7 Å². The molecule has 6 nitrogen and oxygen atoms in total. The van der Waals surface area contributed by atoms with Gasteiger partial charge in [0.25, 0.3) is 5.56 Å². The predicted octanol–water partition coefficient (Wildman–Crippen LogP) is 5.20. The molecule has 1 N–H and O–H groups in total. The molecule has 2 heterocycles. The number of benzene rings is 1. The van der Waals surface area contributed by atoms with Crippen molar-refractivity contribution in [2.75, 3.05) is 5.32 Å². The summed E-state index contributed by atoms with van der Waals surface area (Å²) < 4.78 is 6.74. The zero-order valence-electron chi connectivity index (χ0n) is 19.2. The Labute approximate surface area is 192 Å². The second-order valence-corrected chi connectivity index (χ2v) is 11.0. The molecule has 3 unspecified atom stereocenters. The average molecular weight is 444 g/mol. The molecule has 1 aromatic carbocycles. The lowest BCUT2D eigenvalue weighted by molar-refractivity contribution is -0.121. The number of nitrogens with one attached hydrogen (secondary N) is 1. The van der Waals surface area contributed by atoms with Gasteiger partial charge in [-0.2, -0.15) is 0 Å². The molecule has 2 aromatic heterocycles. The van der Waals surface area contributed by atoms with Crippen LogP contribution in [0.25, 0.3) is 10.8 Å². The first-order chi connectivity index (χ1) is 15.8. The summed E-state index contributed by atoms with van der Waals surface area (Å²) in [6, 6.07) is 9.25. The first-order valence-electron chi connectivity index (χ1n) is 11.8. The zero-order valence-corrected chi connectivity index (χ0v) is 19.2. The van der Waals surface area contributed by atoms with Crippen LogP contribution in [-0.4, -0.2) is 15.6 Å². The number of carbonyl (C=O) groups is 1. The summed E-state index contributed by atoms with van der Waals surface area (Å²) in [5, 5.41) is 8.48. The summed E-state index contributed by atoms with van der Waals surface area (Å²) in [6.07, 6.45) is 10.6. The summed E-state index contributed by atoms with van der Waals surface area (Å²) in [6.45, 7) is 4.54. The molecule has 0 radical (unpaired) electrons. The Morgan fingerprint density at radius 1 is 1.27 bits per heavy atom. The van der Waals surface area contributed by atoms with Crippen molar-refractivity contribution in [2.24, 2.45) is 16.7 Å². The van der Waals surface area contributed by atoms with E-state index in [1.165, 1.54) is 12.8 Å². The number of rotatable bonds is 5. The molecule has 4 aliphatic carbocycles. The fourth-order valence-corrected chi connectivity index (χ4v) is 7.21. The van der Waals surface area contributed by atoms with E-state index in [-0.39, 0.29) is 22.3 Å². The summed E-state index contributed by atoms with van der Waals surface area (Å²) in [5.41, 5.74) is 3.23. The van der Waals surface area contributed by atoms with Crippen molar-refractivity contribution in [1.82, 2.24) is 9.72 Å². The van der Waals surface area contributed by atoms with Crippen LogP contribution in [0.4, 0.5) is 5.69 Å². The maximum absolute atomic E-state index is 13.2. The maximum atomic E-state index is 13.2. The third-order valence-electron chi connectivity index (χ3n) is 7.80. The molecular weight excluding hydrogens is 414 g/mol. The van der Waals surface area contributed by atoms with Crippen LogP contribution in [0.5, 0.6) is 0 Å². The van der Waals surface area contributed by atoms with Gasteiger partial charge in [-0.1, -0.05) is 29.8 Å². The predicted molar refractivity (Wildman–Crippen MR) is 127 cm³/mol. The second-order valence-electron chi connectivity index (χ2n) is 11.0. The highest BCUT2D eigenvalue weighted by molar-refractivity contribution is 6.02. The first kappa shape index (κ1) is 20.5. The standard InChI is InChI=1S/C27H29N3O3/c1-17-8-20(29-33-17)15-30-7-6-21-22(25(30)32)4-3-5-23(21)28-24(31)14-27-12-18-9-19(13-27)11-26(2,10-18)16-27/h3-8,10,19H,9,11-16H2,1-2H3,(H,28,31). The monoisotopic (exact) mass is 443 g/mol. The SMILES string of the molecule is Cc1cc(Cn2ccc3c(NC(=O)CC45CC6=CC(C)(CC(C6)C4)C5)cccc3c2=O)no1. The molecule has 3 atom stereocenters. The van der Waals surface area contributed by atoms with Crippen LogP contribution in [0.1, 0.15) is 56.9 Å². The van der Waals surface area contributed by atoms with Crippen LogP contribution >= 0.6 is 0 Å². The average Bonchev–Trinajstić information content (AvgIpc) is 3.13. The van der Waals surface area contributed by atoms with Gasteiger partial charge in [-0.3, -0.25) is 9.59 Å². The number of anilines is 1. The van der Waals surface area contributed by atoms with Crippen LogP contribution in [-0.2, 0) is 11.3 Å². The van der Waals surface area contributed by atoms with E-state index in [1.54, 1.807) is 16.3 Å². The van der Waals surface area contributed by atoms with E-state index in [0.29, 0.717) is 35.5 Å². The van der Waals surface area contributed by atoms with Gasteiger partial charge in [0.15, 0.2) is 0 Å². The molecule has 1 amide bonds. The number of nitrogens with zero attached hydrogens (tertiary/aromatic N) is 2. The van der Waals surface area contributed by atoms with Crippen LogP contribution in [0.15, 0.2) is 57.5 Å². The zero-order chi connectivity index (χ0) is 22.8. The van der Waals surface area contributed by atoms with E-state index in [2.05, 4.69) is 23.5 Å². The van der Waals surface area contributed by atoms with Gasteiger partial charge in [-0.25, -0.2) is 0 Å². The summed E-state index contributed by atoms with van der Waals surface area (Å²) >= 11 is 0. The Kier molecular flexibility index (Phi) is 4.45. The molecule has 0 aliphatic heterocycles.